The van der Waals surface area contributed by atoms with Gasteiger partial charge in [0, 0.05) is 22.9 Å². The fourth-order valence-electron chi connectivity index (χ4n) is 3.38. The van der Waals surface area contributed by atoms with Crippen molar-refractivity contribution in [1.29, 1.82) is 0 Å². The molecule has 0 aliphatic rings. The Kier molecular flexibility index (Phi) is 10.00. The summed E-state index contributed by atoms with van der Waals surface area (Å²) in [4.78, 5) is 25.6. The number of halogens is 1. The molecule has 0 saturated heterocycles. The standard InChI is InChI=1S/C24H29ClN4O4S2/c1-5-29-20(8-7-11-33-19-10-9-17(25)12-15(19)3)27-28-24(29)34-14-21(30)26-22-18(13-16(4)35-22)23(31)32-6-2/h9-10,12-13H,5-8,11,14H2,1-4H3,(H,26,30). The number of esters is 1. The minimum atomic E-state index is -0.439. The number of amides is 1. The summed E-state index contributed by atoms with van der Waals surface area (Å²) in [7, 11) is 0. The Morgan fingerprint density at radius 3 is 2.71 bits per heavy atom. The average Bonchev–Trinajstić information content (AvgIpc) is 3.38. The average molecular weight is 537 g/mol. The van der Waals surface area contributed by atoms with Crippen molar-refractivity contribution in [2.75, 3.05) is 24.3 Å². The number of benzene rings is 1. The van der Waals surface area contributed by atoms with Crippen LogP contribution in [-0.4, -0.2) is 45.6 Å². The Bertz CT molecular complexity index is 1180. The number of nitrogens with zero attached hydrogens (tertiary/aromatic N) is 3. The molecule has 2 aromatic heterocycles. The Balaban J connectivity index is 1.52. The van der Waals surface area contributed by atoms with Gasteiger partial charge in [-0.1, -0.05) is 23.4 Å². The van der Waals surface area contributed by atoms with Gasteiger partial charge in [-0.2, -0.15) is 0 Å². The summed E-state index contributed by atoms with van der Waals surface area (Å²) in [6, 6.07) is 7.29. The lowest BCUT2D eigenvalue weighted by Crippen LogP contribution is -2.16. The molecular formula is C24H29ClN4O4S2. The summed E-state index contributed by atoms with van der Waals surface area (Å²) in [6.45, 7) is 9.13. The van der Waals surface area contributed by atoms with Gasteiger partial charge in [-0.05, 0) is 63.9 Å². The van der Waals surface area contributed by atoms with Gasteiger partial charge in [0.2, 0.25) is 5.91 Å². The monoisotopic (exact) mass is 536 g/mol. The zero-order valence-electron chi connectivity index (χ0n) is 20.2. The molecule has 188 valence electrons. The number of thioether (sulfide) groups is 1. The van der Waals surface area contributed by atoms with Crippen LogP contribution in [0.1, 0.15) is 46.9 Å². The highest BCUT2D eigenvalue weighted by Crippen LogP contribution is 2.29. The molecule has 1 amide bonds. The Morgan fingerprint density at radius 1 is 1.20 bits per heavy atom. The summed E-state index contributed by atoms with van der Waals surface area (Å²) >= 11 is 8.65. The number of aromatic nitrogens is 3. The van der Waals surface area contributed by atoms with Crippen LogP contribution in [0.4, 0.5) is 5.00 Å². The molecule has 0 aliphatic carbocycles. The fourth-order valence-corrected chi connectivity index (χ4v) is 5.34. The van der Waals surface area contributed by atoms with Crippen molar-refractivity contribution in [3.05, 3.63) is 51.1 Å². The van der Waals surface area contributed by atoms with Crippen LogP contribution in [0.3, 0.4) is 0 Å². The van der Waals surface area contributed by atoms with Gasteiger partial charge in [-0.15, -0.1) is 21.5 Å². The molecule has 3 aromatic rings. The lowest BCUT2D eigenvalue weighted by atomic mass is 10.2. The summed E-state index contributed by atoms with van der Waals surface area (Å²) in [5, 5.41) is 13.3. The van der Waals surface area contributed by atoms with Gasteiger partial charge in [0.15, 0.2) is 5.16 Å². The van der Waals surface area contributed by atoms with E-state index in [0.717, 1.165) is 28.4 Å². The number of rotatable bonds is 12. The predicted molar refractivity (Wildman–Crippen MR) is 140 cm³/mol. The Morgan fingerprint density at radius 2 is 2.00 bits per heavy atom. The number of ether oxygens (including phenoxy) is 2. The fraction of sp³-hybridized carbons (Fsp3) is 0.417. The van der Waals surface area contributed by atoms with E-state index in [9.17, 15) is 9.59 Å². The van der Waals surface area contributed by atoms with Crippen molar-refractivity contribution in [2.24, 2.45) is 0 Å². The van der Waals surface area contributed by atoms with Crippen molar-refractivity contribution in [2.45, 2.75) is 52.2 Å². The van der Waals surface area contributed by atoms with Crippen molar-refractivity contribution in [3.8, 4) is 5.75 Å². The maximum Gasteiger partial charge on any atom is 0.341 e. The van der Waals surface area contributed by atoms with Crippen LogP contribution in [0.25, 0.3) is 0 Å². The third-order valence-corrected chi connectivity index (χ3v) is 7.15. The molecule has 2 heterocycles. The quantitative estimate of drug-likeness (QED) is 0.184. The second-order valence-corrected chi connectivity index (χ2v) is 10.3. The van der Waals surface area contributed by atoms with Crippen molar-refractivity contribution in [3.63, 3.8) is 0 Å². The molecule has 3 rings (SSSR count). The first-order chi connectivity index (χ1) is 16.8. The van der Waals surface area contributed by atoms with Crippen LogP contribution in [-0.2, 0) is 22.5 Å². The molecule has 0 saturated carbocycles. The van der Waals surface area contributed by atoms with E-state index in [-0.39, 0.29) is 18.3 Å². The van der Waals surface area contributed by atoms with Gasteiger partial charge in [0.05, 0.1) is 24.5 Å². The molecule has 0 unspecified atom stereocenters. The predicted octanol–water partition coefficient (Wildman–Crippen LogP) is 5.55. The summed E-state index contributed by atoms with van der Waals surface area (Å²) in [5.74, 6) is 1.16. The van der Waals surface area contributed by atoms with E-state index >= 15 is 0 Å². The van der Waals surface area contributed by atoms with Gasteiger partial charge < -0.3 is 19.4 Å². The molecule has 0 spiro atoms. The lowest BCUT2D eigenvalue weighted by molar-refractivity contribution is -0.113. The number of thiophene rings is 1. The highest BCUT2D eigenvalue weighted by molar-refractivity contribution is 7.99. The summed E-state index contributed by atoms with van der Waals surface area (Å²) in [6.07, 6.45) is 1.48. The summed E-state index contributed by atoms with van der Waals surface area (Å²) in [5.41, 5.74) is 1.38. The van der Waals surface area contributed by atoms with Gasteiger partial charge in [-0.25, -0.2) is 4.79 Å². The molecule has 0 aliphatic heterocycles. The molecule has 8 nitrogen and oxygen atoms in total. The van der Waals surface area contributed by atoms with E-state index in [1.54, 1.807) is 13.0 Å². The highest BCUT2D eigenvalue weighted by atomic mass is 35.5. The second-order valence-electron chi connectivity index (χ2n) is 7.66. The van der Waals surface area contributed by atoms with Crippen LogP contribution in [0.2, 0.25) is 5.02 Å². The molecule has 1 aromatic carbocycles. The topological polar surface area (TPSA) is 95.3 Å². The zero-order chi connectivity index (χ0) is 25.4. The molecule has 0 fully saturated rings. The maximum atomic E-state index is 12.6. The number of carbonyl (C=O) groups excluding carboxylic acids is 2. The van der Waals surface area contributed by atoms with E-state index in [1.807, 2.05) is 43.5 Å². The summed E-state index contributed by atoms with van der Waals surface area (Å²) < 4.78 is 12.9. The smallest absolute Gasteiger partial charge is 0.341 e. The van der Waals surface area contributed by atoms with E-state index < -0.39 is 5.97 Å². The molecule has 11 heteroatoms. The first-order valence-corrected chi connectivity index (χ1v) is 13.5. The number of carbonyl (C=O) groups is 2. The maximum absolute atomic E-state index is 12.6. The number of hydrogen-bond acceptors (Lipinski definition) is 8. The van der Waals surface area contributed by atoms with E-state index in [2.05, 4.69) is 15.5 Å². The molecule has 0 atom stereocenters. The van der Waals surface area contributed by atoms with Gasteiger partial charge in [0.25, 0.3) is 0 Å². The lowest BCUT2D eigenvalue weighted by Gasteiger charge is -2.10. The minimum absolute atomic E-state index is 0.149. The van der Waals surface area contributed by atoms with Gasteiger partial charge >= 0.3 is 5.97 Å². The molecule has 0 radical (unpaired) electrons. The molecular weight excluding hydrogens is 508 g/mol. The Labute approximate surface area is 218 Å². The zero-order valence-corrected chi connectivity index (χ0v) is 22.6. The van der Waals surface area contributed by atoms with Crippen LogP contribution in [0.5, 0.6) is 5.75 Å². The molecule has 35 heavy (non-hydrogen) atoms. The largest absolute Gasteiger partial charge is 0.493 e. The first kappa shape index (κ1) is 27.0. The van der Waals surface area contributed by atoms with Crippen LogP contribution < -0.4 is 10.1 Å². The van der Waals surface area contributed by atoms with Crippen LogP contribution >= 0.6 is 34.7 Å². The van der Waals surface area contributed by atoms with E-state index in [4.69, 9.17) is 21.1 Å². The second kappa shape index (κ2) is 12.9. The number of hydrogen-bond donors (Lipinski definition) is 1. The molecule has 0 bridgehead atoms. The van der Waals surface area contributed by atoms with Crippen molar-refractivity contribution < 1.29 is 19.1 Å². The van der Waals surface area contributed by atoms with Crippen LogP contribution in [0, 0.1) is 13.8 Å². The normalized spacial score (nSPS) is 10.9. The SMILES string of the molecule is CCOC(=O)c1cc(C)sc1NC(=O)CSc1nnc(CCCOc2ccc(Cl)cc2C)n1CC. The third-order valence-electron chi connectivity index (χ3n) is 4.98. The number of nitrogens with one attached hydrogen (secondary N) is 1. The van der Waals surface area contributed by atoms with E-state index in [0.29, 0.717) is 40.3 Å². The van der Waals surface area contributed by atoms with Gasteiger partial charge in [-0.3, -0.25) is 4.79 Å². The minimum Gasteiger partial charge on any atom is -0.493 e. The van der Waals surface area contributed by atoms with Crippen molar-refractivity contribution >= 4 is 51.6 Å². The van der Waals surface area contributed by atoms with Gasteiger partial charge in [0.1, 0.15) is 16.6 Å². The third kappa shape index (κ3) is 7.46. The highest BCUT2D eigenvalue weighted by Gasteiger charge is 2.19. The number of anilines is 1. The Hall–Kier alpha value is -2.56. The van der Waals surface area contributed by atoms with Crippen LogP contribution in [0.15, 0.2) is 29.4 Å². The van der Waals surface area contributed by atoms with E-state index in [1.165, 1.54) is 23.1 Å². The first-order valence-electron chi connectivity index (χ1n) is 11.3. The number of aryl methyl sites for hydroxylation is 3. The molecule has 1 N–H and O–H groups in total. The van der Waals surface area contributed by atoms with Crippen molar-refractivity contribution in [1.82, 2.24) is 14.8 Å².